The molecule has 7 heteroatoms. The maximum absolute atomic E-state index is 12.3. The number of hydrogen-bond donors (Lipinski definition) is 1. The van der Waals surface area contributed by atoms with Crippen molar-refractivity contribution in [2.24, 2.45) is 0 Å². The molecule has 4 rings (SSSR count). The van der Waals surface area contributed by atoms with Crippen LogP contribution in [0.2, 0.25) is 0 Å². The minimum Gasteiger partial charge on any atom is -0.487 e. The molecule has 30 heavy (non-hydrogen) atoms. The second-order valence-electron chi connectivity index (χ2n) is 6.89. The Labute approximate surface area is 178 Å². The molecule has 0 aliphatic carbocycles. The van der Waals surface area contributed by atoms with Crippen LogP contribution < -0.4 is 10.1 Å². The van der Waals surface area contributed by atoms with Gasteiger partial charge < -0.3 is 14.5 Å². The Hall–Kier alpha value is -3.45. The van der Waals surface area contributed by atoms with Gasteiger partial charge in [-0.25, -0.2) is 9.97 Å². The van der Waals surface area contributed by atoms with E-state index in [1.807, 2.05) is 72.4 Å². The summed E-state index contributed by atoms with van der Waals surface area (Å²) in [6, 6.07) is 11.6. The molecule has 3 aromatic heterocycles. The number of carbonyl (C=O) groups excluding carboxylic acids is 1. The fourth-order valence-corrected chi connectivity index (χ4v) is 3.66. The fourth-order valence-electron chi connectivity index (χ4n) is 3.07. The molecule has 0 atom stereocenters. The standard InChI is InChI=1S/C23H22N4O2S/c1-16-6-5-11-27-13-19(26-23(16)27)12-24-22(28)10-9-18-7-3-4-8-21(18)29-14-20-15-30-17(2)25-20/h3-11,13,15H,12,14H2,1-2H3,(H,24,28). The lowest BCUT2D eigenvalue weighted by molar-refractivity contribution is -0.116. The van der Waals surface area contributed by atoms with E-state index < -0.39 is 0 Å². The number of amides is 1. The van der Waals surface area contributed by atoms with Gasteiger partial charge in [0.2, 0.25) is 5.91 Å². The molecule has 0 aliphatic rings. The molecule has 0 aliphatic heterocycles. The summed E-state index contributed by atoms with van der Waals surface area (Å²) in [5.74, 6) is 0.525. The molecule has 0 radical (unpaired) electrons. The van der Waals surface area contributed by atoms with Gasteiger partial charge in [0.15, 0.2) is 0 Å². The van der Waals surface area contributed by atoms with Crippen molar-refractivity contribution in [2.75, 3.05) is 0 Å². The highest BCUT2D eigenvalue weighted by Crippen LogP contribution is 2.21. The van der Waals surface area contributed by atoms with Crippen LogP contribution in [0.1, 0.15) is 27.5 Å². The zero-order chi connectivity index (χ0) is 20.9. The van der Waals surface area contributed by atoms with Gasteiger partial charge in [0, 0.05) is 29.4 Å². The third kappa shape index (κ3) is 4.75. The number of fused-ring (bicyclic) bond motifs is 1. The molecule has 3 heterocycles. The van der Waals surface area contributed by atoms with Gasteiger partial charge in [0.1, 0.15) is 18.0 Å². The van der Waals surface area contributed by atoms with E-state index >= 15 is 0 Å². The lowest BCUT2D eigenvalue weighted by Crippen LogP contribution is -2.20. The summed E-state index contributed by atoms with van der Waals surface area (Å²) < 4.78 is 7.85. The van der Waals surface area contributed by atoms with Gasteiger partial charge in [-0.1, -0.05) is 24.3 Å². The van der Waals surface area contributed by atoms with Crippen molar-refractivity contribution in [3.05, 3.63) is 87.8 Å². The average molecular weight is 419 g/mol. The molecular weight excluding hydrogens is 396 g/mol. The van der Waals surface area contributed by atoms with Crippen molar-refractivity contribution >= 4 is 29.0 Å². The first-order chi connectivity index (χ1) is 14.6. The van der Waals surface area contributed by atoms with E-state index in [2.05, 4.69) is 15.3 Å². The van der Waals surface area contributed by atoms with Crippen LogP contribution >= 0.6 is 11.3 Å². The van der Waals surface area contributed by atoms with Crippen molar-refractivity contribution in [1.29, 1.82) is 0 Å². The van der Waals surface area contributed by atoms with Crippen molar-refractivity contribution < 1.29 is 9.53 Å². The van der Waals surface area contributed by atoms with E-state index in [0.29, 0.717) is 18.9 Å². The summed E-state index contributed by atoms with van der Waals surface area (Å²) in [6.45, 7) is 4.75. The summed E-state index contributed by atoms with van der Waals surface area (Å²) in [5, 5.41) is 5.88. The predicted octanol–water partition coefficient (Wildman–Crippen LogP) is 4.32. The molecule has 1 N–H and O–H groups in total. The van der Waals surface area contributed by atoms with E-state index in [4.69, 9.17) is 4.74 Å². The molecular formula is C23H22N4O2S. The smallest absolute Gasteiger partial charge is 0.244 e. The van der Waals surface area contributed by atoms with Crippen LogP contribution in [0.3, 0.4) is 0 Å². The second-order valence-corrected chi connectivity index (χ2v) is 7.95. The van der Waals surface area contributed by atoms with Gasteiger partial charge in [0.05, 0.1) is 22.9 Å². The third-order valence-electron chi connectivity index (χ3n) is 4.55. The van der Waals surface area contributed by atoms with Gasteiger partial charge in [-0.2, -0.15) is 0 Å². The molecule has 1 aromatic carbocycles. The molecule has 0 bridgehead atoms. The van der Waals surface area contributed by atoms with Crippen LogP contribution in [0.25, 0.3) is 11.7 Å². The highest BCUT2D eigenvalue weighted by molar-refractivity contribution is 7.09. The SMILES string of the molecule is Cc1nc(COc2ccccc2C=CC(=O)NCc2cn3cccc(C)c3n2)cs1. The van der Waals surface area contributed by atoms with Crippen molar-refractivity contribution in [1.82, 2.24) is 19.7 Å². The highest BCUT2D eigenvalue weighted by atomic mass is 32.1. The maximum atomic E-state index is 12.3. The number of benzene rings is 1. The summed E-state index contributed by atoms with van der Waals surface area (Å²) in [4.78, 5) is 21.3. The zero-order valence-corrected chi connectivity index (χ0v) is 17.6. The van der Waals surface area contributed by atoms with Crippen LogP contribution in [-0.4, -0.2) is 20.3 Å². The van der Waals surface area contributed by atoms with Crippen LogP contribution in [-0.2, 0) is 17.9 Å². The molecule has 4 aromatic rings. The Morgan fingerprint density at radius 1 is 1.17 bits per heavy atom. The van der Waals surface area contributed by atoms with Gasteiger partial charge in [-0.3, -0.25) is 4.79 Å². The van der Waals surface area contributed by atoms with Crippen molar-refractivity contribution in [2.45, 2.75) is 27.0 Å². The van der Waals surface area contributed by atoms with Gasteiger partial charge in [0.25, 0.3) is 0 Å². The monoisotopic (exact) mass is 418 g/mol. The first kappa shape index (κ1) is 19.8. The number of thiazole rings is 1. The highest BCUT2D eigenvalue weighted by Gasteiger charge is 2.06. The number of hydrogen-bond acceptors (Lipinski definition) is 5. The number of pyridine rings is 1. The normalized spacial score (nSPS) is 11.3. The van der Waals surface area contributed by atoms with Crippen LogP contribution in [0, 0.1) is 13.8 Å². The molecule has 1 amide bonds. The lowest BCUT2D eigenvalue weighted by atomic mass is 10.2. The Kier molecular flexibility index (Phi) is 5.90. The Morgan fingerprint density at radius 3 is 2.83 bits per heavy atom. The molecule has 0 spiro atoms. The number of imidazole rings is 1. The predicted molar refractivity (Wildman–Crippen MR) is 118 cm³/mol. The summed E-state index contributed by atoms with van der Waals surface area (Å²) in [6.07, 6.45) is 7.14. The van der Waals surface area contributed by atoms with Gasteiger partial charge in [-0.15, -0.1) is 11.3 Å². The number of aromatic nitrogens is 3. The van der Waals surface area contributed by atoms with E-state index in [-0.39, 0.29) is 5.91 Å². The van der Waals surface area contributed by atoms with E-state index in [0.717, 1.165) is 33.2 Å². The molecule has 0 saturated carbocycles. The first-order valence-corrected chi connectivity index (χ1v) is 10.5. The van der Waals surface area contributed by atoms with Crippen LogP contribution in [0.5, 0.6) is 5.75 Å². The number of ether oxygens (including phenoxy) is 1. The van der Waals surface area contributed by atoms with Gasteiger partial charge in [-0.05, 0) is 37.6 Å². The molecule has 0 saturated heterocycles. The number of nitrogens with one attached hydrogen (secondary N) is 1. The van der Waals surface area contributed by atoms with E-state index in [9.17, 15) is 4.79 Å². The minimum atomic E-state index is -0.186. The average Bonchev–Trinajstić information content (AvgIpc) is 3.36. The quantitative estimate of drug-likeness (QED) is 0.454. The van der Waals surface area contributed by atoms with Crippen LogP contribution in [0.15, 0.2) is 60.2 Å². The largest absolute Gasteiger partial charge is 0.487 e. The minimum absolute atomic E-state index is 0.186. The fraction of sp³-hybridized carbons (Fsp3) is 0.174. The second kappa shape index (κ2) is 8.92. The number of aryl methyl sites for hydroxylation is 2. The Morgan fingerprint density at radius 2 is 2.03 bits per heavy atom. The lowest BCUT2D eigenvalue weighted by Gasteiger charge is -2.07. The summed E-state index contributed by atoms with van der Waals surface area (Å²) in [5.41, 5.74) is 4.55. The van der Waals surface area contributed by atoms with E-state index in [1.165, 1.54) is 6.08 Å². The summed E-state index contributed by atoms with van der Waals surface area (Å²) in [7, 11) is 0. The van der Waals surface area contributed by atoms with Crippen LogP contribution in [0.4, 0.5) is 0 Å². The first-order valence-electron chi connectivity index (χ1n) is 9.60. The third-order valence-corrected chi connectivity index (χ3v) is 5.37. The van der Waals surface area contributed by atoms with Crippen molar-refractivity contribution in [3.63, 3.8) is 0 Å². The molecule has 152 valence electrons. The Balaban J connectivity index is 1.37. The van der Waals surface area contributed by atoms with E-state index in [1.54, 1.807) is 17.4 Å². The summed E-state index contributed by atoms with van der Waals surface area (Å²) >= 11 is 1.60. The zero-order valence-electron chi connectivity index (χ0n) is 16.8. The van der Waals surface area contributed by atoms with Crippen molar-refractivity contribution in [3.8, 4) is 5.75 Å². The molecule has 6 nitrogen and oxygen atoms in total. The number of para-hydroxylation sites is 1. The van der Waals surface area contributed by atoms with Gasteiger partial charge >= 0.3 is 0 Å². The molecule has 0 unspecified atom stereocenters. The number of nitrogens with zero attached hydrogens (tertiary/aromatic N) is 3. The maximum Gasteiger partial charge on any atom is 0.244 e. The number of carbonyl (C=O) groups is 1. The number of rotatable bonds is 7. The molecule has 0 fully saturated rings. The Bertz CT molecular complexity index is 1210. The topological polar surface area (TPSA) is 68.5 Å².